The number of rotatable bonds is 12. The number of thiazole rings is 1. The highest BCUT2D eigenvalue weighted by Crippen LogP contribution is 2.21. The lowest BCUT2D eigenvalue weighted by molar-refractivity contribution is -0.134. The number of hydrogen-bond donors (Lipinski definition) is 5. The first-order valence-electron chi connectivity index (χ1n) is 9.05. The number of hydrazine groups is 1. The Bertz CT molecular complexity index is 1100. The smallest absolute Gasteiger partial charge is 0.328 e. The Labute approximate surface area is 208 Å². The fraction of sp³-hybridized carbons (Fsp3) is 0.167. The standard InChI is InChI=1S/C14H17ClN6O2S3.C4H4O4/c15-11-1-3-13(4-2-11)26(22,23)20-9-17-5-6-24-7-12-8-25-14(21-12)18-10-19-16;5-3(6)1-2-4(7)8/h1-4,8-10H,5-7,16H2,(H,17,20)(H,18,19,21);1-2H,(H,5,6)(H,7,8)/b;2-1-. The van der Waals surface area contributed by atoms with Crippen LogP contribution >= 0.6 is 34.7 Å². The van der Waals surface area contributed by atoms with Crippen LogP contribution < -0.4 is 16.0 Å². The molecule has 0 aliphatic rings. The van der Waals surface area contributed by atoms with E-state index in [-0.39, 0.29) is 4.90 Å². The second kappa shape index (κ2) is 15.8. The maximum atomic E-state index is 12.0. The second-order valence-electron chi connectivity index (χ2n) is 5.72. The number of sulfonamides is 1. The molecule has 0 bridgehead atoms. The SMILES string of the molecule is NNC=Nc1nc(CSCCN=CNS(=O)(=O)c2ccc(Cl)cc2)cs1.O=C(O)/C=C\C(=O)O. The number of benzene rings is 1. The van der Waals surface area contributed by atoms with Crippen molar-refractivity contribution < 1.29 is 28.2 Å². The van der Waals surface area contributed by atoms with E-state index in [0.717, 1.165) is 17.2 Å². The zero-order chi connectivity index (χ0) is 25.4. The minimum Gasteiger partial charge on any atom is -0.478 e. The number of nitrogens with zero attached hydrogens (tertiary/aromatic N) is 3. The molecule has 16 heteroatoms. The first-order chi connectivity index (χ1) is 16.1. The average Bonchev–Trinajstić information content (AvgIpc) is 3.24. The van der Waals surface area contributed by atoms with Crippen molar-refractivity contribution in [2.24, 2.45) is 15.8 Å². The van der Waals surface area contributed by atoms with Gasteiger partial charge in [0.2, 0.25) is 5.13 Å². The molecule has 0 unspecified atom stereocenters. The number of aliphatic carboxylic acids is 2. The Hall–Kier alpha value is -2.98. The molecule has 1 aromatic carbocycles. The van der Waals surface area contributed by atoms with Crippen LogP contribution in [0.3, 0.4) is 0 Å². The number of aliphatic imine (C=N–C) groups is 2. The lowest BCUT2D eigenvalue weighted by Crippen LogP contribution is -2.22. The summed E-state index contributed by atoms with van der Waals surface area (Å²) in [6, 6.07) is 5.91. The molecule has 2 aromatic rings. The number of carboxylic acids is 2. The third-order valence-corrected chi connectivity index (χ3v) is 6.52. The molecular formula is C18H21ClN6O6S3. The van der Waals surface area contributed by atoms with Crippen LogP contribution in [0.5, 0.6) is 0 Å². The van der Waals surface area contributed by atoms with Crippen LogP contribution in [0.25, 0.3) is 0 Å². The zero-order valence-corrected chi connectivity index (χ0v) is 20.6. The van der Waals surface area contributed by atoms with Crippen LogP contribution in [-0.4, -0.2) is 60.5 Å². The van der Waals surface area contributed by atoms with Crippen molar-refractivity contribution in [3.63, 3.8) is 0 Å². The molecule has 0 spiro atoms. The summed E-state index contributed by atoms with van der Waals surface area (Å²) in [5, 5.41) is 18.7. The van der Waals surface area contributed by atoms with Crippen molar-refractivity contribution in [2.75, 3.05) is 12.3 Å². The van der Waals surface area contributed by atoms with E-state index < -0.39 is 22.0 Å². The molecular weight excluding hydrogens is 528 g/mol. The Balaban J connectivity index is 0.000000620. The van der Waals surface area contributed by atoms with Gasteiger partial charge in [0.05, 0.1) is 16.9 Å². The summed E-state index contributed by atoms with van der Waals surface area (Å²) >= 11 is 8.82. The normalized spacial score (nSPS) is 11.5. The lowest BCUT2D eigenvalue weighted by atomic mass is 10.4. The molecule has 0 radical (unpaired) electrons. The number of halogens is 1. The highest BCUT2D eigenvalue weighted by molar-refractivity contribution is 7.98. The zero-order valence-electron chi connectivity index (χ0n) is 17.4. The van der Waals surface area contributed by atoms with E-state index in [9.17, 15) is 18.0 Å². The Morgan fingerprint density at radius 2 is 1.82 bits per heavy atom. The molecule has 2 rings (SSSR count). The quantitative estimate of drug-likeness (QED) is 0.0651. The Kier molecular flexibility index (Phi) is 13.5. The number of nitrogens with two attached hydrogens (primary N) is 1. The van der Waals surface area contributed by atoms with Crippen LogP contribution in [0, 0.1) is 0 Å². The fourth-order valence-electron chi connectivity index (χ4n) is 1.80. The largest absolute Gasteiger partial charge is 0.478 e. The summed E-state index contributed by atoms with van der Waals surface area (Å²) in [6.07, 6.45) is 3.68. The van der Waals surface area contributed by atoms with Crippen molar-refractivity contribution >= 4 is 74.5 Å². The molecule has 0 atom stereocenters. The Morgan fingerprint density at radius 3 is 2.41 bits per heavy atom. The second-order valence-corrected chi connectivity index (χ2v) is 9.81. The third kappa shape index (κ3) is 12.9. The van der Waals surface area contributed by atoms with Crippen LogP contribution in [0.15, 0.2) is 56.7 Å². The van der Waals surface area contributed by atoms with Gasteiger partial charge in [-0.25, -0.2) is 33.8 Å². The Morgan fingerprint density at radius 1 is 1.18 bits per heavy atom. The maximum absolute atomic E-state index is 12.0. The van der Waals surface area contributed by atoms with E-state index in [1.807, 2.05) is 5.38 Å². The molecule has 0 amide bonds. The molecule has 184 valence electrons. The summed E-state index contributed by atoms with van der Waals surface area (Å²) in [7, 11) is -3.62. The van der Waals surface area contributed by atoms with E-state index in [4.69, 9.17) is 27.7 Å². The molecule has 0 aliphatic carbocycles. The number of carboxylic acid groups (broad SMARTS) is 2. The monoisotopic (exact) mass is 548 g/mol. The summed E-state index contributed by atoms with van der Waals surface area (Å²) in [6.45, 7) is 0.486. The first-order valence-corrected chi connectivity index (χ1v) is 12.9. The third-order valence-electron chi connectivity index (χ3n) is 3.20. The van der Waals surface area contributed by atoms with Crippen LogP contribution in [0.1, 0.15) is 5.69 Å². The van der Waals surface area contributed by atoms with Crippen LogP contribution in [0.2, 0.25) is 5.02 Å². The molecule has 0 saturated heterocycles. The molecule has 12 nitrogen and oxygen atoms in total. The predicted octanol–water partition coefficient (Wildman–Crippen LogP) is 1.87. The van der Waals surface area contributed by atoms with Gasteiger partial charge >= 0.3 is 11.9 Å². The molecule has 6 N–H and O–H groups in total. The van der Waals surface area contributed by atoms with Gasteiger partial charge < -0.3 is 15.6 Å². The van der Waals surface area contributed by atoms with E-state index in [0.29, 0.717) is 28.9 Å². The summed E-state index contributed by atoms with van der Waals surface area (Å²) in [4.78, 5) is 31.6. The van der Waals surface area contributed by atoms with Gasteiger partial charge in [0.15, 0.2) is 0 Å². The van der Waals surface area contributed by atoms with Crippen molar-refractivity contribution in [1.82, 2.24) is 15.1 Å². The molecule has 0 saturated carbocycles. The average molecular weight is 549 g/mol. The molecule has 34 heavy (non-hydrogen) atoms. The van der Waals surface area contributed by atoms with E-state index in [1.54, 1.807) is 11.8 Å². The van der Waals surface area contributed by atoms with Gasteiger partial charge in [-0.1, -0.05) is 11.6 Å². The molecule has 1 heterocycles. The number of nitrogens with one attached hydrogen (secondary N) is 2. The highest BCUT2D eigenvalue weighted by Gasteiger charge is 2.11. The predicted molar refractivity (Wildman–Crippen MR) is 133 cm³/mol. The van der Waals surface area contributed by atoms with Gasteiger partial charge in [0.25, 0.3) is 10.0 Å². The van der Waals surface area contributed by atoms with Crippen molar-refractivity contribution in [2.45, 2.75) is 10.6 Å². The maximum Gasteiger partial charge on any atom is 0.328 e. The van der Waals surface area contributed by atoms with Gasteiger partial charge in [-0.05, 0) is 24.3 Å². The topological polar surface area (TPSA) is 196 Å². The summed E-state index contributed by atoms with van der Waals surface area (Å²) in [5.74, 6) is 4.05. The highest BCUT2D eigenvalue weighted by atomic mass is 35.5. The van der Waals surface area contributed by atoms with Gasteiger partial charge in [-0.15, -0.1) is 11.3 Å². The number of hydrogen-bond acceptors (Lipinski definition) is 10. The van der Waals surface area contributed by atoms with Crippen LogP contribution in [-0.2, 0) is 25.4 Å². The number of carbonyl (C=O) groups is 2. The van der Waals surface area contributed by atoms with E-state index in [1.165, 1.54) is 48.3 Å². The van der Waals surface area contributed by atoms with E-state index >= 15 is 0 Å². The summed E-state index contributed by atoms with van der Waals surface area (Å²) < 4.78 is 26.3. The van der Waals surface area contributed by atoms with Crippen molar-refractivity contribution in [3.8, 4) is 0 Å². The van der Waals surface area contributed by atoms with Gasteiger partial charge in [0.1, 0.15) is 6.34 Å². The van der Waals surface area contributed by atoms with Crippen molar-refractivity contribution in [3.05, 3.63) is 52.5 Å². The molecule has 0 fully saturated rings. The fourth-order valence-corrected chi connectivity index (χ4v) is 4.28. The van der Waals surface area contributed by atoms with Gasteiger partial charge in [-0.3, -0.25) is 9.71 Å². The van der Waals surface area contributed by atoms with E-state index in [2.05, 4.69) is 25.1 Å². The lowest BCUT2D eigenvalue weighted by Gasteiger charge is -2.03. The molecule has 1 aromatic heterocycles. The van der Waals surface area contributed by atoms with Crippen LogP contribution in [0.4, 0.5) is 5.13 Å². The number of thioether (sulfide) groups is 1. The van der Waals surface area contributed by atoms with Gasteiger partial charge in [-0.2, -0.15) is 11.8 Å². The minimum absolute atomic E-state index is 0.134. The summed E-state index contributed by atoms with van der Waals surface area (Å²) in [5.41, 5.74) is 3.25. The first kappa shape index (κ1) is 29.1. The number of aromatic nitrogens is 1. The minimum atomic E-state index is -3.62. The van der Waals surface area contributed by atoms with Crippen molar-refractivity contribution in [1.29, 1.82) is 0 Å². The molecule has 0 aliphatic heterocycles. The van der Waals surface area contributed by atoms with Gasteiger partial charge in [0, 0.05) is 40.6 Å².